The summed E-state index contributed by atoms with van der Waals surface area (Å²) in [6.07, 6.45) is 11.6. The quantitative estimate of drug-likeness (QED) is 0.554. The van der Waals surface area contributed by atoms with Gasteiger partial charge in [-0.2, -0.15) is 0 Å². The van der Waals surface area contributed by atoms with Crippen molar-refractivity contribution in [3.05, 3.63) is 36.0 Å². The number of likely N-dealkylation sites (tertiary alicyclic amines) is 1. The standard InChI is InChI=1S/C17H28N2O.C3H8/c1-4-15(3)9-10-16(5-2)17(20)18-11-14-19-12-7-6-8-13-19;1-3-2/h5,9-10H,2,4,6-8,11-14H2,1,3H3,(H,18,20);3H2,1-2H3/b15-9-,16-10+;. The van der Waals surface area contributed by atoms with Crippen LogP contribution in [0.2, 0.25) is 0 Å². The summed E-state index contributed by atoms with van der Waals surface area (Å²) in [5.41, 5.74) is 1.89. The van der Waals surface area contributed by atoms with Crippen LogP contribution in [0.25, 0.3) is 0 Å². The monoisotopic (exact) mass is 320 g/mol. The molecular weight excluding hydrogens is 284 g/mol. The van der Waals surface area contributed by atoms with Crippen LogP contribution in [0.4, 0.5) is 0 Å². The zero-order valence-corrected chi connectivity index (χ0v) is 15.7. The van der Waals surface area contributed by atoms with Gasteiger partial charge in [0.1, 0.15) is 0 Å². The molecule has 0 unspecified atom stereocenters. The molecule has 3 heteroatoms. The number of allylic oxidation sites excluding steroid dienone is 3. The molecule has 1 saturated heterocycles. The van der Waals surface area contributed by atoms with E-state index in [2.05, 4.69) is 44.5 Å². The Morgan fingerprint density at radius 3 is 2.26 bits per heavy atom. The van der Waals surface area contributed by atoms with E-state index >= 15 is 0 Å². The van der Waals surface area contributed by atoms with Crippen molar-refractivity contribution in [3.8, 4) is 0 Å². The van der Waals surface area contributed by atoms with Crippen molar-refractivity contribution in [2.24, 2.45) is 0 Å². The molecule has 1 N–H and O–H groups in total. The van der Waals surface area contributed by atoms with Gasteiger partial charge in [0.05, 0.1) is 0 Å². The minimum atomic E-state index is -0.0304. The predicted octanol–water partition coefficient (Wildman–Crippen LogP) is 4.47. The summed E-state index contributed by atoms with van der Waals surface area (Å²) in [6, 6.07) is 0. The third kappa shape index (κ3) is 10.9. The van der Waals surface area contributed by atoms with Crippen molar-refractivity contribution < 1.29 is 4.79 Å². The number of hydrogen-bond acceptors (Lipinski definition) is 2. The molecule has 23 heavy (non-hydrogen) atoms. The highest BCUT2D eigenvalue weighted by atomic mass is 16.1. The Bertz CT molecular complexity index is 390. The molecule has 0 aromatic carbocycles. The van der Waals surface area contributed by atoms with Crippen molar-refractivity contribution in [1.82, 2.24) is 10.2 Å². The van der Waals surface area contributed by atoms with Crippen molar-refractivity contribution in [2.45, 2.75) is 59.8 Å². The summed E-state index contributed by atoms with van der Waals surface area (Å²) < 4.78 is 0. The van der Waals surface area contributed by atoms with Crippen molar-refractivity contribution in [2.75, 3.05) is 26.2 Å². The van der Waals surface area contributed by atoms with Crippen LogP contribution in [0.15, 0.2) is 36.0 Å². The summed E-state index contributed by atoms with van der Waals surface area (Å²) in [5.74, 6) is -0.0304. The molecule has 0 radical (unpaired) electrons. The minimum absolute atomic E-state index is 0.0304. The van der Waals surface area contributed by atoms with Gasteiger partial charge in [0.15, 0.2) is 0 Å². The molecule has 132 valence electrons. The van der Waals surface area contributed by atoms with E-state index in [9.17, 15) is 4.79 Å². The number of carbonyl (C=O) groups is 1. The molecule has 0 aromatic heterocycles. The van der Waals surface area contributed by atoms with Gasteiger partial charge >= 0.3 is 0 Å². The molecule has 0 aliphatic carbocycles. The average molecular weight is 321 g/mol. The van der Waals surface area contributed by atoms with E-state index in [1.807, 2.05) is 12.2 Å². The van der Waals surface area contributed by atoms with Gasteiger partial charge in [-0.1, -0.05) is 57.9 Å². The van der Waals surface area contributed by atoms with Crippen LogP contribution in [0.1, 0.15) is 59.8 Å². The van der Waals surface area contributed by atoms with Gasteiger partial charge in [-0.25, -0.2) is 0 Å². The van der Waals surface area contributed by atoms with Crippen LogP contribution in [0, 0.1) is 0 Å². The van der Waals surface area contributed by atoms with Gasteiger partial charge < -0.3 is 10.2 Å². The Morgan fingerprint density at radius 2 is 1.74 bits per heavy atom. The molecule has 0 spiro atoms. The van der Waals surface area contributed by atoms with Gasteiger partial charge in [-0.05, 0) is 45.4 Å². The van der Waals surface area contributed by atoms with E-state index in [1.165, 1.54) is 44.3 Å². The molecule has 0 aromatic rings. The van der Waals surface area contributed by atoms with E-state index in [1.54, 1.807) is 6.08 Å². The van der Waals surface area contributed by atoms with Crippen molar-refractivity contribution in [1.29, 1.82) is 0 Å². The van der Waals surface area contributed by atoms with Crippen LogP contribution in [-0.4, -0.2) is 37.0 Å². The number of rotatable bonds is 7. The van der Waals surface area contributed by atoms with Gasteiger partial charge in [0.25, 0.3) is 5.91 Å². The van der Waals surface area contributed by atoms with Gasteiger partial charge in [-0.3, -0.25) is 4.79 Å². The van der Waals surface area contributed by atoms with Crippen molar-refractivity contribution in [3.63, 3.8) is 0 Å². The maximum atomic E-state index is 12.0. The topological polar surface area (TPSA) is 32.3 Å². The summed E-state index contributed by atoms with van der Waals surface area (Å²) in [7, 11) is 0. The molecule has 3 nitrogen and oxygen atoms in total. The zero-order valence-electron chi connectivity index (χ0n) is 15.7. The highest BCUT2D eigenvalue weighted by Crippen LogP contribution is 2.07. The SMILES string of the molecule is C=C/C(=C\C=C(\C)CC)C(=O)NCCN1CCCCC1.CCC. The minimum Gasteiger partial charge on any atom is -0.351 e. The zero-order chi connectivity index (χ0) is 17.5. The fraction of sp³-hybridized carbons (Fsp3) is 0.650. The first kappa shape index (κ1) is 21.6. The first-order chi connectivity index (χ1) is 11.1. The molecule has 0 bridgehead atoms. The van der Waals surface area contributed by atoms with Crippen LogP contribution in [0.5, 0.6) is 0 Å². The van der Waals surface area contributed by atoms with Gasteiger partial charge in [0, 0.05) is 18.7 Å². The normalized spacial score (nSPS) is 16.3. The van der Waals surface area contributed by atoms with Crippen LogP contribution in [0.3, 0.4) is 0 Å². The maximum absolute atomic E-state index is 12.0. The smallest absolute Gasteiger partial charge is 0.251 e. The lowest BCUT2D eigenvalue weighted by atomic mass is 10.1. The number of piperidine rings is 1. The molecule has 1 fully saturated rings. The first-order valence-electron chi connectivity index (χ1n) is 9.09. The van der Waals surface area contributed by atoms with Crippen LogP contribution in [-0.2, 0) is 4.79 Å². The molecule has 0 atom stereocenters. The second-order valence-corrected chi connectivity index (χ2v) is 6.06. The summed E-state index contributed by atoms with van der Waals surface area (Å²) in [6.45, 7) is 16.1. The lowest BCUT2D eigenvalue weighted by Crippen LogP contribution is -2.37. The van der Waals surface area contributed by atoms with Crippen molar-refractivity contribution >= 4 is 5.91 Å². The van der Waals surface area contributed by atoms with E-state index in [-0.39, 0.29) is 5.91 Å². The Labute approximate surface area is 143 Å². The largest absolute Gasteiger partial charge is 0.351 e. The maximum Gasteiger partial charge on any atom is 0.251 e. The summed E-state index contributed by atoms with van der Waals surface area (Å²) in [4.78, 5) is 14.4. The molecule has 1 aliphatic rings. The van der Waals surface area contributed by atoms with Gasteiger partial charge in [-0.15, -0.1) is 0 Å². The first-order valence-corrected chi connectivity index (χ1v) is 9.09. The number of nitrogens with zero attached hydrogens (tertiary/aromatic N) is 1. The predicted molar refractivity (Wildman–Crippen MR) is 102 cm³/mol. The summed E-state index contributed by atoms with van der Waals surface area (Å²) >= 11 is 0. The number of amides is 1. The molecule has 1 amide bonds. The molecule has 1 rings (SSSR count). The Hall–Kier alpha value is -1.35. The number of hydrogen-bond donors (Lipinski definition) is 1. The van der Waals surface area contributed by atoms with Gasteiger partial charge in [0.2, 0.25) is 0 Å². The summed E-state index contributed by atoms with van der Waals surface area (Å²) in [5, 5.41) is 2.97. The molecular formula is C20H36N2O. The lowest BCUT2D eigenvalue weighted by Gasteiger charge is -2.26. The Morgan fingerprint density at radius 1 is 1.13 bits per heavy atom. The second kappa shape index (κ2) is 14.3. The van der Waals surface area contributed by atoms with E-state index < -0.39 is 0 Å². The third-order valence-corrected chi connectivity index (χ3v) is 3.75. The van der Waals surface area contributed by atoms with E-state index in [4.69, 9.17) is 0 Å². The van der Waals surface area contributed by atoms with Crippen LogP contribution >= 0.6 is 0 Å². The lowest BCUT2D eigenvalue weighted by molar-refractivity contribution is -0.117. The second-order valence-electron chi connectivity index (χ2n) is 6.06. The Kier molecular flexibility index (Phi) is 13.4. The highest BCUT2D eigenvalue weighted by Gasteiger charge is 2.10. The average Bonchev–Trinajstić information content (AvgIpc) is 2.57. The van der Waals surface area contributed by atoms with Crippen LogP contribution < -0.4 is 5.32 Å². The van der Waals surface area contributed by atoms with E-state index in [0.717, 1.165) is 13.0 Å². The molecule has 1 heterocycles. The highest BCUT2D eigenvalue weighted by molar-refractivity contribution is 5.96. The molecule has 1 aliphatic heterocycles. The number of nitrogens with one attached hydrogen (secondary N) is 1. The third-order valence-electron chi connectivity index (χ3n) is 3.75. The number of carbonyl (C=O) groups excluding carboxylic acids is 1. The fourth-order valence-corrected chi connectivity index (χ4v) is 2.20. The Balaban J connectivity index is 0.00000149. The molecule has 0 saturated carbocycles. The van der Waals surface area contributed by atoms with E-state index in [0.29, 0.717) is 12.1 Å². The fourth-order valence-electron chi connectivity index (χ4n) is 2.20.